The Morgan fingerprint density at radius 1 is 1.00 bits per heavy atom. The molecule has 1 fully saturated rings. The summed E-state index contributed by atoms with van der Waals surface area (Å²) < 4.78 is 5.08. The van der Waals surface area contributed by atoms with Crippen molar-refractivity contribution < 1.29 is 24.2 Å². The van der Waals surface area contributed by atoms with Gasteiger partial charge in [0.2, 0.25) is 11.8 Å². The summed E-state index contributed by atoms with van der Waals surface area (Å²) in [6.45, 7) is 12.2. The Morgan fingerprint density at radius 3 is 2.38 bits per heavy atom. The van der Waals surface area contributed by atoms with Gasteiger partial charge in [-0.2, -0.15) is 0 Å². The number of aliphatic imine (C=N–C) groups is 1. The van der Waals surface area contributed by atoms with E-state index in [0.717, 1.165) is 108 Å². The average Bonchev–Trinajstić information content (AvgIpc) is 4.10. The number of nitrogens with one attached hydrogen (secondary N) is 4. The lowest BCUT2D eigenvalue weighted by Crippen LogP contribution is -2.45. The van der Waals surface area contributed by atoms with Crippen LogP contribution < -0.4 is 20.9 Å². The van der Waals surface area contributed by atoms with E-state index in [4.69, 9.17) is 24.6 Å². The number of rotatable bonds is 12. The molecule has 0 aliphatic carbocycles. The van der Waals surface area contributed by atoms with Crippen LogP contribution in [0.1, 0.15) is 81.4 Å². The van der Waals surface area contributed by atoms with Crippen molar-refractivity contribution in [2.45, 2.75) is 77.8 Å². The summed E-state index contributed by atoms with van der Waals surface area (Å²) in [5, 5.41) is 17.2. The molecule has 2 atom stereocenters. The number of benzene rings is 3. The van der Waals surface area contributed by atoms with E-state index in [1.54, 1.807) is 20.5 Å². The monoisotopic (exact) mass is 869 g/mol. The van der Waals surface area contributed by atoms with Crippen LogP contribution in [0, 0.1) is 0 Å². The molecule has 5 heterocycles. The van der Waals surface area contributed by atoms with Gasteiger partial charge >= 0.3 is 0 Å². The van der Waals surface area contributed by atoms with Crippen molar-refractivity contribution in [2.75, 3.05) is 45.7 Å². The number of hydrogen-bond donors (Lipinski definition) is 5. The van der Waals surface area contributed by atoms with Gasteiger partial charge in [-0.1, -0.05) is 88.4 Å². The lowest BCUT2D eigenvalue weighted by Gasteiger charge is -2.27. The normalized spacial score (nSPS) is 16.3. The van der Waals surface area contributed by atoms with E-state index < -0.39 is 0 Å². The molecule has 0 saturated carbocycles. The minimum absolute atomic E-state index is 0.111. The fraction of sp³-hybridized carbons (Fsp3) is 0.360. The SMILES string of the molecule is C=C(NC=NC)c1ccc(-c2ccc3cc(-c4cnc(C5Cc6cccc7c6N5C(=O)C(NC)CC7)[nH]4)cnc3c2)cc1.CC/C=C(\NCC(=O)N1CCCC1)OC.CCC.O=CO. The number of ether oxygens (including phenoxy) is 1. The topological polar surface area (TPSA) is 177 Å². The van der Waals surface area contributed by atoms with Crippen LogP contribution in [0.5, 0.6) is 0 Å². The molecule has 3 aliphatic heterocycles. The van der Waals surface area contributed by atoms with Gasteiger partial charge in [-0.3, -0.25) is 29.3 Å². The van der Waals surface area contributed by atoms with Crippen LogP contribution in [0.4, 0.5) is 5.69 Å². The minimum atomic E-state index is -0.250. The molecule has 0 spiro atoms. The minimum Gasteiger partial charge on any atom is -0.483 e. The number of carbonyl (C=O) groups is 3. The van der Waals surface area contributed by atoms with Crippen molar-refractivity contribution in [3.8, 4) is 22.4 Å². The van der Waals surface area contributed by atoms with Crippen LogP contribution in [0.2, 0.25) is 0 Å². The van der Waals surface area contributed by atoms with Crippen LogP contribution in [0.3, 0.4) is 0 Å². The number of imidazole rings is 1. The molecule has 14 nitrogen and oxygen atoms in total. The first kappa shape index (κ1) is 48.2. The van der Waals surface area contributed by atoms with Crippen molar-refractivity contribution >= 4 is 46.9 Å². The molecule has 14 heteroatoms. The summed E-state index contributed by atoms with van der Waals surface area (Å²) in [6, 6.07) is 22.8. The average molecular weight is 870 g/mol. The van der Waals surface area contributed by atoms with Crippen molar-refractivity contribution in [2.24, 2.45) is 4.99 Å². The number of carbonyl (C=O) groups excluding carboxylic acids is 2. The van der Waals surface area contributed by atoms with E-state index in [1.807, 2.05) is 54.4 Å². The third kappa shape index (κ3) is 12.0. The lowest BCUT2D eigenvalue weighted by molar-refractivity contribution is -0.129. The predicted octanol–water partition coefficient (Wildman–Crippen LogP) is 7.89. The second-order valence-electron chi connectivity index (χ2n) is 15.6. The van der Waals surface area contributed by atoms with Gasteiger partial charge in [0.1, 0.15) is 5.82 Å². The molecule has 8 rings (SSSR count). The highest BCUT2D eigenvalue weighted by atomic mass is 16.5. The molecule has 3 aromatic carbocycles. The van der Waals surface area contributed by atoms with E-state index >= 15 is 0 Å². The van der Waals surface area contributed by atoms with Crippen molar-refractivity contribution in [3.05, 3.63) is 120 Å². The first-order chi connectivity index (χ1) is 31.1. The quantitative estimate of drug-likeness (QED) is 0.0359. The predicted molar refractivity (Wildman–Crippen MR) is 257 cm³/mol. The number of likely N-dealkylation sites (tertiary alicyclic amines) is 1. The number of hydrogen-bond acceptors (Lipinski definition) is 9. The molecule has 0 radical (unpaired) electrons. The Morgan fingerprint density at radius 2 is 1.70 bits per heavy atom. The van der Waals surface area contributed by atoms with Crippen LogP contribution >= 0.6 is 0 Å². The Labute approximate surface area is 376 Å². The number of aryl methyl sites for hydroxylation is 1. The van der Waals surface area contributed by atoms with Crippen LogP contribution in [0.25, 0.3) is 39.0 Å². The maximum absolute atomic E-state index is 13.6. The molecular weight excluding hydrogens is 807 g/mol. The third-order valence-electron chi connectivity index (χ3n) is 11.1. The molecule has 1 saturated heterocycles. The summed E-state index contributed by atoms with van der Waals surface area (Å²) in [7, 11) is 5.19. The van der Waals surface area contributed by atoms with Gasteiger partial charge in [0.25, 0.3) is 6.47 Å². The number of para-hydroxylation sites is 1. The molecule has 5 aromatic rings. The van der Waals surface area contributed by atoms with Crippen molar-refractivity contribution in [1.82, 2.24) is 35.8 Å². The zero-order chi connectivity index (χ0) is 46.0. The molecule has 3 aliphatic rings. The maximum Gasteiger partial charge on any atom is 0.290 e. The third-order valence-corrected chi connectivity index (χ3v) is 11.1. The standard InChI is InChI=1S/C35H33N7O.C11H20N2O2.C3H8.CH2O2/c1-21(40-20-36-2)22-7-9-23(10-8-22)25-11-12-26-15-28(18-38-30(26)16-25)31-19-39-34(41-31)32-17-27-6-4-5-24-13-14-29(37-3)35(43)42(32)33(24)27;1-3-6-10(15-2)12-9-11(14)13-7-4-5-8-13;1-3-2;2-1-3/h4-12,15-16,18-20,29,32,37H,1,13-14,17H2,2-3H3,(H,36,40)(H,39,41);6,12H,3-5,7-9H2,1-2H3;3H2,1-2H3;1H,(H,2,3)/b;10-6+;;. The summed E-state index contributed by atoms with van der Waals surface area (Å²) in [4.78, 5) is 54.6. The fourth-order valence-corrected chi connectivity index (χ4v) is 7.96. The van der Waals surface area contributed by atoms with Gasteiger partial charge in [-0.15, -0.1) is 0 Å². The molecule has 64 heavy (non-hydrogen) atoms. The van der Waals surface area contributed by atoms with E-state index in [1.165, 1.54) is 17.5 Å². The number of likely N-dealkylation sites (N-methyl/N-ethyl adjacent to an activating group) is 1. The van der Waals surface area contributed by atoms with E-state index in [-0.39, 0.29) is 30.4 Å². The number of methoxy groups -OCH3 is 1. The Balaban J connectivity index is 0.000000307. The van der Waals surface area contributed by atoms with E-state index in [0.29, 0.717) is 12.4 Å². The second-order valence-corrected chi connectivity index (χ2v) is 15.6. The van der Waals surface area contributed by atoms with Gasteiger partial charge < -0.3 is 35.7 Å². The zero-order valence-electron chi connectivity index (χ0n) is 38.0. The van der Waals surface area contributed by atoms with Gasteiger partial charge in [-0.05, 0) is 85.2 Å². The maximum atomic E-state index is 13.6. The summed E-state index contributed by atoms with van der Waals surface area (Å²) in [6.07, 6.45) is 14.1. The van der Waals surface area contributed by atoms with Gasteiger partial charge in [0.15, 0.2) is 5.88 Å². The van der Waals surface area contributed by atoms with Gasteiger partial charge in [0, 0.05) is 49.4 Å². The van der Waals surface area contributed by atoms with Crippen LogP contribution in [0.15, 0.2) is 103 Å². The first-order valence-corrected chi connectivity index (χ1v) is 22.0. The zero-order valence-corrected chi connectivity index (χ0v) is 38.0. The Hall–Kier alpha value is -6.80. The second kappa shape index (κ2) is 24.2. The number of aromatic nitrogens is 3. The smallest absolute Gasteiger partial charge is 0.290 e. The number of allylic oxidation sites excluding steroid dienone is 1. The molecule has 338 valence electrons. The summed E-state index contributed by atoms with van der Waals surface area (Å²) in [5.74, 6) is 1.75. The molecule has 0 bridgehead atoms. The van der Waals surface area contributed by atoms with E-state index in [9.17, 15) is 9.59 Å². The molecule has 2 aromatic heterocycles. The van der Waals surface area contributed by atoms with Crippen molar-refractivity contribution in [3.63, 3.8) is 0 Å². The lowest BCUT2D eigenvalue weighted by atomic mass is 10.0. The Bertz CT molecular complexity index is 2400. The van der Waals surface area contributed by atoms with Crippen LogP contribution in [-0.4, -0.2) is 96.5 Å². The number of amides is 2. The number of anilines is 1. The van der Waals surface area contributed by atoms with Crippen LogP contribution in [-0.2, 0) is 32.0 Å². The van der Waals surface area contributed by atoms with Gasteiger partial charge in [0.05, 0.1) is 55.2 Å². The number of nitrogens with zero attached hydrogens (tertiary/aromatic N) is 5. The number of carboxylic acid groups (broad SMARTS) is 1. The Kier molecular flexibility index (Phi) is 18.2. The number of aromatic amines is 1. The molecule has 2 unspecified atom stereocenters. The van der Waals surface area contributed by atoms with Crippen molar-refractivity contribution in [1.29, 1.82) is 0 Å². The number of fused-ring (bicyclic) bond motifs is 1. The first-order valence-electron chi connectivity index (χ1n) is 22.0. The highest BCUT2D eigenvalue weighted by Gasteiger charge is 2.42. The largest absolute Gasteiger partial charge is 0.483 e. The molecular formula is C50H63N9O5. The summed E-state index contributed by atoms with van der Waals surface area (Å²) >= 11 is 0. The number of pyridine rings is 1. The summed E-state index contributed by atoms with van der Waals surface area (Å²) in [5.41, 5.74) is 10.3. The molecule has 2 amide bonds. The highest BCUT2D eigenvalue weighted by molar-refractivity contribution is 6.01. The fourth-order valence-electron chi connectivity index (χ4n) is 7.96. The number of H-pyrrole nitrogens is 1. The highest BCUT2D eigenvalue weighted by Crippen LogP contribution is 2.44. The van der Waals surface area contributed by atoms with E-state index in [2.05, 4.69) is 101 Å². The molecule has 5 N–H and O–H groups in total. The van der Waals surface area contributed by atoms with Gasteiger partial charge in [-0.25, -0.2) is 4.98 Å².